The van der Waals surface area contributed by atoms with Crippen LogP contribution in [0.1, 0.15) is 6.42 Å². The Hall–Kier alpha value is -4.66. The highest BCUT2D eigenvalue weighted by Crippen LogP contribution is 2.27. The minimum absolute atomic E-state index is 0.210. The second-order valence-electron chi connectivity index (χ2n) is 9.76. The maximum Gasteiger partial charge on any atom is 0.322 e. The van der Waals surface area contributed by atoms with Crippen LogP contribution in [0.2, 0.25) is 0 Å². The third kappa shape index (κ3) is 7.72. The van der Waals surface area contributed by atoms with Gasteiger partial charge in [0.25, 0.3) is 0 Å². The third-order valence-corrected chi connectivity index (χ3v) is 6.51. The minimum atomic E-state index is -0.698. The molecule has 0 N–H and O–H groups in total. The lowest BCUT2D eigenvalue weighted by molar-refractivity contribution is -0.144. The monoisotopic (exact) mass is 552 g/mol. The van der Waals surface area contributed by atoms with Crippen molar-refractivity contribution in [1.29, 1.82) is 0 Å². The first-order valence-electron chi connectivity index (χ1n) is 13.4. The van der Waals surface area contributed by atoms with E-state index in [2.05, 4.69) is 0 Å². The summed E-state index contributed by atoms with van der Waals surface area (Å²) in [4.78, 5) is 24.6. The largest absolute Gasteiger partial charge is 0.491 e. The van der Waals surface area contributed by atoms with E-state index >= 15 is 0 Å². The molecule has 2 aliphatic heterocycles. The Kier molecular flexibility index (Phi) is 7.93. The Labute approximate surface area is 237 Å². The zero-order valence-electron chi connectivity index (χ0n) is 22.2. The molecule has 2 fully saturated rings. The molecule has 6 rings (SSSR count). The van der Waals surface area contributed by atoms with Gasteiger partial charge in [-0.15, -0.1) is 0 Å². The predicted octanol–water partition coefficient (Wildman–Crippen LogP) is 5.48. The first-order valence-corrected chi connectivity index (χ1v) is 13.4. The van der Waals surface area contributed by atoms with Crippen LogP contribution in [0, 0.1) is 0 Å². The molecule has 4 aromatic rings. The fourth-order valence-corrected chi connectivity index (χ4v) is 4.08. The Balaban J connectivity index is 0.955. The molecule has 0 aliphatic carbocycles. The number of carbonyl (C=O) groups excluding carboxylic acids is 2. The summed E-state index contributed by atoms with van der Waals surface area (Å²) in [5, 5.41) is 0. The number of esters is 2. The number of benzene rings is 4. The highest BCUT2D eigenvalue weighted by Gasteiger charge is 2.23. The van der Waals surface area contributed by atoms with E-state index < -0.39 is 18.4 Å². The van der Waals surface area contributed by atoms with Crippen LogP contribution in [0.25, 0.3) is 22.3 Å². The number of rotatable bonds is 12. The van der Waals surface area contributed by atoms with Gasteiger partial charge in [-0.25, -0.2) is 0 Å². The van der Waals surface area contributed by atoms with Crippen molar-refractivity contribution >= 4 is 11.9 Å². The molecule has 208 valence electrons. The van der Waals surface area contributed by atoms with E-state index in [0.717, 1.165) is 47.0 Å². The molecule has 0 aromatic heterocycles. The average molecular weight is 553 g/mol. The molecular weight excluding hydrogens is 524 g/mol. The molecule has 8 heteroatoms. The van der Waals surface area contributed by atoms with Crippen LogP contribution in [0.5, 0.6) is 23.0 Å². The summed E-state index contributed by atoms with van der Waals surface area (Å²) in [5.41, 5.74) is 3.91. The molecule has 41 heavy (non-hydrogen) atoms. The van der Waals surface area contributed by atoms with Crippen molar-refractivity contribution in [2.24, 2.45) is 0 Å². The van der Waals surface area contributed by atoms with Crippen molar-refractivity contribution in [3.63, 3.8) is 0 Å². The topological polar surface area (TPSA) is 96.1 Å². The van der Waals surface area contributed by atoms with Gasteiger partial charge < -0.3 is 28.4 Å². The SMILES string of the molecule is O=C(CC(=O)Oc1ccc(-c2ccc(OCC3CO3)cc2)cc1)Oc1ccc(-c2ccc(OCC3CO3)cc2)cc1. The van der Waals surface area contributed by atoms with Gasteiger partial charge in [0.1, 0.15) is 54.8 Å². The van der Waals surface area contributed by atoms with Gasteiger partial charge in [-0.2, -0.15) is 0 Å². The Morgan fingerprint density at radius 3 is 1.10 bits per heavy atom. The van der Waals surface area contributed by atoms with Gasteiger partial charge in [0, 0.05) is 0 Å². The molecule has 2 unspecified atom stereocenters. The first-order chi connectivity index (χ1) is 20.1. The van der Waals surface area contributed by atoms with Crippen molar-refractivity contribution < 1.29 is 38.0 Å². The van der Waals surface area contributed by atoms with Crippen molar-refractivity contribution in [2.75, 3.05) is 26.4 Å². The van der Waals surface area contributed by atoms with Crippen molar-refractivity contribution in [3.05, 3.63) is 97.1 Å². The van der Waals surface area contributed by atoms with E-state index in [1.54, 1.807) is 24.3 Å². The smallest absolute Gasteiger partial charge is 0.322 e. The molecule has 4 aromatic carbocycles. The van der Waals surface area contributed by atoms with Gasteiger partial charge in [-0.1, -0.05) is 48.5 Å². The summed E-state index contributed by atoms with van der Waals surface area (Å²) in [7, 11) is 0. The molecular formula is C33H28O8. The van der Waals surface area contributed by atoms with E-state index in [9.17, 15) is 9.59 Å². The summed E-state index contributed by atoms with van der Waals surface area (Å²) in [5.74, 6) is 0.865. The molecule has 0 radical (unpaired) electrons. The molecule has 0 saturated carbocycles. The summed E-state index contributed by atoms with van der Waals surface area (Å²) in [6.07, 6.45) is -0.0900. The minimum Gasteiger partial charge on any atom is -0.491 e. The van der Waals surface area contributed by atoms with E-state index in [1.807, 2.05) is 72.8 Å². The highest BCUT2D eigenvalue weighted by molar-refractivity contribution is 5.93. The van der Waals surface area contributed by atoms with E-state index in [-0.39, 0.29) is 12.2 Å². The second kappa shape index (κ2) is 12.2. The van der Waals surface area contributed by atoms with Crippen molar-refractivity contribution in [1.82, 2.24) is 0 Å². The van der Waals surface area contributed by atoms with Crippen molar-refractivity contribution in [3.8, 4) is 45.3 Å². The lowest BCUT2D eigenvalue weighted by Gasteiger charge is -2.09. The quantitative estimate of drug-likeness (QED) is 0.0987. The molecule has 0 amide bonds. The molecule has 8 nitrogen and oxygen atoms in total. The molecule has 2 heterocycles. The Bertz CT molecular complexity index is 1360. The number of epoxide rings is 2. The third-order valence-electron chi connectivity index (χ3n) is 6.51. The Morgan fingerprint density at radius 2 is 0.805 bits per heavy atom. The van der Waals surface area contributed by atoms with Gasteiger partial charge in [0.05, 0.1) is 13.2 Å². The maximum absolute atomic E-state index is 12.3. The lowest BCUT2D eigenvalue weighted by Crippen LogP contribution is -2.18. The van der Waals surface area contributed by atoms with Gasteiger partial charge in [-0.3, -0.25) is 9.59 Å². The van der Waals surface area contributed by atoms with Crippen molar-refractivity contribution in [2.45, 2.75) is 18.6 Å². The van der Waals surface area contributed by atoms with E-state index in [1.165, 1.54) is 0 Å². The molecule has 0 spiro atoms. The van der Waals surface area contributed by atoms with Crippen LogP contribution in [-0.4, -0.2) is 50.6 Å². The number of carbonyl (C=O) groups is 2. The van der Waals surface area contributed by atoms with Crippen LogP contribution < -0.4 is 18.9 Å². The van der Waals surface area contributed by atoms with Gasteiger partial charge >= 0.3 is 11.9 Å². The fraction of sp³-hybridized carbons (Fsp3) is 0.212. The fourth-order valence-electron chi connectivity index (χ4n) is 4.08. The van der Waals surface area contributed by atoms with Crippen LogP contribution in [0.4, 0.5) is 0 Å². The number of hydrogen-bond acceptors (Lipinski definition) is 8. The van der Waals surface area contributed by atoms with Crippen LogP contribution in [0.3, 0.4) is 0 Å². The molecule has 2 aliphatic rings. The first kappa shape index (κ1) is 26.6. The van der Waals surface area contributed by atoms with E-state index in [0.29, 0.717) is 24.7 Å². The standard InChI is InChI=1S/C33H28O8/c34-32(40-28-13-5-24(6-14-28)22-1-9-26(10-2-22)36-18-30-20-38-30)17-33(35)41-29-15-7-25(8-16-29)23-3-11-27(12-4-23)37-19-31-21-39-31/h1-16,30-31H,17-21H2. The number of ether oxygens (including phenoxy) is 6. The maximum atomic E-state index is 12.3. The summed E-state index contributed by atoms with van der Waals surface area (Å²) < 4.78 is 32.3. The van der Waals surface area contributed by atoms with Gasteiger partial charge in [0.15, 0.2) is 0 Å². The summed E-state index contributed by atoms with van der Waals surface area (Å²) in [6, 6.07) is 29.6. The van der Waals surface area contributed by atoms with E-state index in [4.69, 9.17) is 28.4 Å². The average Bonchev–Trinajstić information content (AvgIpc) is 3.92. The zero-order valence-corrected chi connectivity index (χ0v) is 22.2. The lowest BCUT2D eigenvalue weighted by atomic mass is 10.1. The predicted molar refractivity (Wildman–Crippen MR) is 150 cm³/mol. The summed E-state index contributed by atoms with van der Waals surface area (Å²) >= 11 is 0. The van der Waals surface area contributed by atoms with Gasteiger partial charge in [0.2, 0.25) is 0 Å². The number of hydrogen-bond donors (Lipinski definition) is 0. The molecule has 0 bridgehead atoms. The zero-order chi connectivity index (χ0) is 28.0. The molecule has 2 saturated heterocycles. The highest BCUT2D eigenvalue weighted by atomic mass is 16.6. The Morgan fingerprint density at radius 1 is 0.512 bits per heavy atom. The van der Waals surface area contributed by atoms with Crippen LogP contribution in [0.15, 0.2) is 97.1 Å². The second-order valence-corrected chi connectivity index (χ2v) is 9.76. The van der Waals surface area contributed by atoms with Crippen LogP contribution >= 0.6 is 0 Å². The normalized spacial score (nSPS) is 16.9. The van der Waals surface area contributed by atoms with Gasteiger partial charge in [-0.05, 0) is 70.8 Å². The molecule has 2 atom stereocenters. The summed E-state index contributed by atoms with van der Waals surface area (Å²) in [6.45, 7) is 2.63. The van der Waals surface area contributed by atoms with Crippen LogP contribution in [-0.2, 0) is 19.1 Å².